The first-order valence-corrected chi connectivity index (χ1v) is 6.26. The third-order valence-electron chi connectivity index (χ3n) is 2.60. The number of nitrogens with one attached hydrogen (secondary N) is 2. The molecule has 0 saturated carbocycles. The van der Waals surface area contributed by atoms with Crippen LogP contribution in [0, 0.1) is 12.3 Å². The van der Waals surface area contributed by atoms with Crippen molar-refractivity contribution in [2.45, 2.75) is 6.42 Å². The van der Waals surface area contributed by atoms with Gasteiger partial charge in [0.25, 0.3) is 0 Å². The van der Waals surface area contributed by atoms with E-state index in [1.807, 2.05) is 12.1 Å². The lowest BCUT2D eigenvalue weighted by molar-refractivity contribution is -0.128. The fraction of sp³-hybridized carbons (Fsp3) is 0.333. The molecule has 0 aliphatic carbocycles. The van der Waals surface area contributed by atoms with Crippen LogP contribution in [0.25, 0.3) is 0 Å². The number of anilines is 1. The summed E-state index contributed by atoms with van der Waals surface area (Å²) in [6.45, 7) is 0.532. The summed E-state index contributed by atoms with van der Waals surface area (Å²) in [4.78, 5) is 24.6. The van der Waals surface area contributed by atoms with Crippen LogP contribution in [0.5, 0.6) is 0 Å². The summed E-state index contributed by atoms with van der Waals surface area (Å²) in [5, 5.41) is 5.55. The molecule has 2 amide bonds. The largest absolute Gasteiger partial charge is 0.349 e. The van der Waals surface area contributed by atoms with Crippen molar-refractivity contribution in [2.75, 3.05) is 32.5 Å². The zero-order valence-electron chi connectivity index (χ0n) is 11.8. The highest BCUT2D eigenvalue weighted by Crippen LogP contribution is 2.10. The highest BCUT2D eigenvalue weighted by atomic mass is 16.2. The predicted molar refractivity (Wildman–Crippen MR) is 79.2 cm³/mol. The van der Waals surface area contributed by atoms with Gasteiger partial charge in [0.1, 0.15) is 0 Å². The Bertz CT molecular complexity index is 501. The van der Waals surface area contributed by atoms with E-state index in [0.717, 1.165) is 5.56 Å². The number of hydrogen-bond acceptors (Lipinski definition) is 3. The third-order valence-corrected chi connectivity index (χ3v) is 2.60. The second-order valence-corrected chi connectivity index (χ2v) is 4.52. The Kier molecular flexibility index (Phi) is 6.27. The van der Waals surface area contributed by atoms with Gasteiger partial charge in [-0.25, -0.2) is 0 Å². The average Bonchev–Trinajstić information content (AvgIpc) is 2.41. The van der Waals surface area contributed by atoms with E-state index in [4.69, 9.17) is 6.42 Å². The van der Waals surface area contributed by atoms with Crippen LogP contribution in [0.1, 0.15) is 5.56 Å². The van der Waals surface area contributed by atoms with Crippen molar-refractivity contribution in [3.05, 3.63) is 29.8 Å². The molecule has 0 aliphatic heterocycles. The molecule has 0 saturated heterocycles. The molecule has 0 spiro atoms. The van der Waals surface area contributed by atoms with E-state index in [1.54, 1.807) is 31.1 Å². The fourth-order valence-electron chi connectivity index (χ4n) is 1.49. The molecule has 0 aromatic heterocycles. The number of terminal acetylenes is 1. The van der Waals surface area contributed by atoms with E-state index in [-0.39, 0.29) is 18.4 Å². The zero-order valence-corrected chi connectivity index (χ0v) is 11.8. The van der Waals surface area contributed by atoms with Crippen LogP contribution in [0.15, 0.2) is 24.3 Å². The molecule has 5 heteroatoms. The Labute approximate surface area is 119 Å². The molecule has 0 fully saturated rings. The van der Waals surface area contributed by atoms with E-state index in [9.17, 15) is 9.59 Å². The maximum atomic E-state index is 11.6. The summed E-state index contributed by atoms with van der Waals surface area (Å²) < 4.78 is 0. The van der Waals surface area contributed by atoms with E-state index >= 15 is 0 Å². The molecule has 0 heterocycles. The first-order valence-electron chi connectivity index (χ1n) is 6.26. The summed E-state index contributed by atoms with van der Waals surface area (Å²) in [7, 11) is 3.44. The van der Waals surface area contributed by atoms with Crippen LogP contribution in [-0.4, -0.2) is 43.9 Å². The van der Waals surface area contributed by atoms with Gasteiger partial charge in [0.2, 0.25) is 11.8 Å². The molecule has 1 aromatic carbocycles. The van der Waals surface area contributed by atoms with Crippen molar-refractivity contribution >= 4 is 17.5 Å². The lowest BCUT2D eigenvalue weighted by Gasteiger charge is -2.10. The van der Waals surface area contributed by atoms with Crippen molar-refractivity contribution in [3.8, 4) is 12.3 Å². The van der Waals surface area contributed by atoms with E-state index in [1.165, 1.54) is 0 Å². The molecule has 0 aliphatic rings. The first-order chi connectivity index (χ1) is 9.52. The van der Waals surface area contributed by atoms with Gasteiger partial charge in [0.15, 0.2) is 0 Å². The molecule has 0 atom stereocenters. The van der Waals surface area contributed by atoms with Gasteiger partial charge in [-0.3, -0.25) is 14.9 Å². The molecule has 106 valence electrons. The quantitative estimate of drug-likeness (QED) is 0.585. The van der Waals surface area contributed by atoms with Gasteiger partial charge < -0.3 is 10.2 Å². The minimum atomic E-state index is -0.155. The number of nitrogens with zero attached hydrogens (tertiary/aromatic N) is 1. The van der Waals surface area contributed by atoms with Crippen LogP contribution in [-0.2, 0) is 16.0 Å². The Morgan fingerprint density at radius 3 is 2.45 bits per heavy atom. The number of hydrogen-bond donors (Lipinski definition) is 2. The molecular formula is C15H19N3O2. The SMILES string of the molecule is C#CCNCC(=O)Nc1ccc(CC(=O)N(C)C)cc1. The van der Waals surface area contributed by atoms with E-state index < -0.39 is 0 Å². The van der Waals surface area contributed by atoms with Gasteiger partial charge in [-0.2, -0.15) is 0 Å². The van der Waals surface area contributed by atoms with Gasteiger partial charge in [-0.15, -0.1) is 6.42 Å². The zero-order chi connectivity index (χ0) is 15.0. The standard InChI is InChI=1S/C15H19N3O2/c1-4-9-16-11-14(19)17-13-7-5-12(6-8-13)10-15(20)18(2)3/h1,5-8,16H,9-11H2,2-3H3,(H,17,19). The topological polar surface area (TPSA) is 61.4 Å². The monoisotopic (exact) mass is 273 g/mol. The van der Waals surface area contributed by atoms with Gasteiger partial charge >= 0.3 is 0 Å². The third kappa shape index (κ3) is 5.55. The van der Waals surface area contributed by atoms with Crippen LogP contribution in [0.4, 0.5) is 5.69 Å². The van der Waals surface area contributed by atoms with Crippen molar-refractivity contribution in [3.63, 3.8) is 0 Å². The minimum Gasteiger partial charge on any atom is -0.349 e. The molecule has 0 radical (unpaired) electrons. The molecule has 5 nitrogen and oxygen atoms in total. The molecule has 1 aromatic rings. The highest BCUT2D eigenvalue weighted by molar-refractivity contribution is 5.92. The van der Waals surface area contributed by atoms with Crippen LogP contribution in [0.3, 0.4) is 0 Å². The van der Waals surface area contributed by atoms with E-state index in [0.29, 0.717) is 18.7 Å². The Morgan fingerprint density at radius 2 is 1.90 bits per heavy atom. The lowest BCUT2D eigenvalue weighted by Crippen LogP contribution is -2.28. The first kappa shape index (κ1) is 15.7. The highest BCUT2D eigenvalue weighted by Gasteiger charge is 2.06. The number of carbonyl (C=O) groups excluding carboxylic acids is 2. The molecule has 0 unspecified atom stereocenters. The molecular weight excluding hydrogens is 254 g/mol. The predicted octanol–water partition coefficient (Wildman–Crippen LogP) is 0.479. The maximum Gasteiger partial charge on any atom is 0.238 e. The molecule has 1 rings (SSSR count). The normalized spacial score (nSPS) is 9.65. The Hall–Kier alpha value is -2.32. The summed E-state index contributed by atoms with van der Waals surface area (Å²) in [6.07, 6.45) is 5.42. The van der Waals surface area contributed by atoms with Crippen molar-refractivity contribution in [1.82, 2.24) is 10.2 Å². The van der Waals surface area contributed by atoms with Gasteiger partial charge in [-0.05, 0) is 17.7 Å². The number of likely N-dealkylation sites (N-methyl/N-ethyl adjacent to an activating group) is 1. The Morgan fingerprint density at radius 1 is 1.25 bits per heavy atom. The average molecular weight is 273 g/mol. The van der Waals surface area contributed by atoms with Gasteiger partial charge in [-0.1, -0.05) is 18.1 Å². The van der Waals surface area contributed by atoms with Crippen molar-refractivity contribution < 1.29 is 9.59 Å². The summed E-state index contributed by atoms with van der Waals surface area (Å²) in [5.74, 6) is 2.28. The number of rotatable bonds is 6. The molecule has 2 N–H and O–H groups in total. The second kappa shape index (κ2) is 7.97. The lowest BCUT2D eigenvalue weighted by atomic mass is 10.1. The van der Waals surface area contributed by atoms with Crippen molar-refractivity contribution in [1.29, 1.82) is 0 Å². The summed E-state index contributed by atoms with van der Waals surface area (Å²) in [6, 6.07) is 7.20. The molecule has 0 bridgehead atoms. The smallest absolute Gasteiger partial charge is 0.238 e. The van der Waals surface area contributed by atoms with Gasteiger partial charge in [0, 0.05) is 19.8 Å². The van der Waals surface area contributed by atoms with Crippen LogP contribution in [0.2, 0.25) is 0 Å². The Balaban J connectivity index is 2.48. The summed E-state index contributed by atoms with van der Waals surface area (Å²) >= 11 is 0. The van der Waals surface area contributed by atoms with Gasteiger partial charge in [0.05, 0.1) is 19.5 Å². The number of amides is 2. The minimum absolute atomic E-state index is 0.0419. The number of carbonyl (C=O) groups is 2. The van der Waals surface area contributed by atoms with Crippen LogP contribution >= 0.6 is 0 Å². The summed E-state index contributed by atoms with van der Waals surface area (Å²) in [5.41, 5.74) is 1.60. The second-order valence-electron chi connectivity index (χ2n) is 4.52. The maximum absolute atomic E-state index is 11.6. The molecule has 20 heavy (non-hydrogen) atoms. The van der Waals surface area contributed by atoms with Crippen LogP contribution < -0.4 is 10.6 Å². The number of benzene rings is 1. The van der Waals surface area contributed by atoms with E-state index in [2.05, 4.69) is 16.6 Å². The van der Waals surface area contributed by atoms with Crippen molar-refractivity contribution in [2.24, 2.45) is 0 Å². The fourth-order valence-corrected chi connectivity index (χ4v) is 1.49.